The highest BCUT2D eigenvalue weighted by molar-refractivity contribution is 5.72. The molecule has 0 unspecified atom stereocenters. The molecule has 0 aliphatic carbocycles. The molecule has 1 saturated heterocycles. The number of rotatable bonds is 16. The van der Waals surface area contributed by atoms with Crippen molar-refractivity contribution in [1.82, 2.24) is 19.6 Å². The topological polar surface area (TPSA) is 102 Å². The van der Waals surface area contributed by atoms with Crippen LogP contribution in [0.3, 0.4) is 0 Å². The van der Waals surface area contributed by atoms with Crippen LogP contribution in [0.25, 0.3) is 0 Å². The summed E-state index contributed by atoms with van der Waals surface area (Å²) in [5.74, 6) is -0.449. The van der Waals surface area contributed by atoms with E-state index in [2.05, 4.69) is 19.6 Å². The summed E-state index contributed by atoms with van der Waals surface area (Å²) in [6.45, 7) is 18.5. The summed E-state index contributed by atoms with van der Waals surface area (Å²) in [6, 6.07) is 0. The van der Waals surface area contributed by atoms with Crippen molar-refractivity contribution in [3.8, 4) is 0 Å². The van der Waals surface area contributed by atoms with E-state index in [9.17, 15) is 9.59 Å². The van der Waals surface area contributed by atoms with E-state index < -0.39 is 0 Å². The van der Waals surface area contributed by atoms with Gasteiger partial charge in [-0.25, -0.2) is 19.6 Å². The highest BCUT2D eigenvalue weighted by Gasteiger charge is 2.18. The molecule has 0 radical (unpaired) electrons. The molecule has 1 aliphatic heterocycles. The molecule has 0 N–H and O–H groups in total. The highest BCUT2D eigenvalue weighted by Crippen LogP contribution is 2.04. The summed E-state index contributed by atoms with van der Waals surface area (Å²) in [5.41, 5.74) is 0. The van der Waals surface area contributed by atoms with Crippen molar-refractivity contribution in [3.05, 3.63) is 0 Å². The lowest BCUT2D eigenvalue weighted by molar-refractivity contribution is -0.293. The molecule has 0 saturated carbocycles. The lowest BCUT2D eigenvalue weighted by Crippen LogP contribution is -2.44. The fourth-order valence-corrected chi connectivity index (χ4v) is 4.21. The molecule has 0 amide bonds. The Bertz CT molecular complexity index is 552. The first-order valence-corrected chi connectivity index (χ1v) is 14.2. The Morgan fingerprint density at radius 1 is 0.500 bits per heavy atom. The van der Waals surface area contributed by atoms with Gasteiger partial charge in [-0.15, -0.1) is 0 Å². The van der Waals surface area contributed by atoms with Crippen LogP contribution in [0.1, 0.15) is 40.5 Å². The van der Waals surface area contributed by atoms with Crippen LogP contribution in [0.5, 0.6) is 0 Å². The van der Waals surface area contributed by atoms with Crippen molar-refractivity contribution in [1.29, 1.82) is 0 Å². The molecule has 0 aromatic rings. The van der Waals surface area contributed by atoms with Crippen LogP contribution < -0.4 is 0 Å². The van der Waals surface area contributed by atoms with Gasteiger partial charge in [0.05, 0.1) is 52.7 Å². The van der Waals surface area contributed by atoms with Gasteiger partial charge in [0.1, 0.15) is 0 Å². The van der Waals surface area contributed by atoms with E-state index >= 15 is 0 Å². The molecule has 0 aromatic carbocycles. The molecule has 0 atom stereocenters. The summed E-state index contributed by atoms with van der Waals surface area (Å²) in [6.07, 6.45) is 1.78. The van der Waals surface area contributed by atoms with Crippen molar-refractivity contribution in [2.45, 2.75) is 40.5 Å². The first kappa shape index (κ1) is 34.6. The Hall–Kier alpha value is -1.38. The van der Waals surface area contributed by atoms with Crippen LogP contribution >= 0.6 is 0 Å². The second kappa shape index (κ2) is 23.5. The lowest BCUT2D eigenvalue weighted by atomic mass is 10.2. The fraction of sp³-hybridized carbons (Fsp3) is 0.923. The minimum atomic E-state index is -0.225. The van der Waals surface area contributed by atoms with Gasteiger partial charge in [0.15, 0.2) is 0 Å². The Morgan fingerprint density at radius 3 is 1.24 bits per heavy atom. The predicted octanol–water partition coefficient (Wildman–Crippen LogP) is 1.05. The Balaban J connectivity index is 2.89. The Kier molecular flexibility index (Phi) is 21.4. The standard InChI is InChI=1S/C26H52N4O8/c1-5-33-25(31)23-29-13-9-11-27(19-21-37-35-7-3)15-16-28(20-22-38-36-8-4)12-10-14-30(18-17-29)24-26(32)34-6-2/h5-24H2,1-4H3. The van der Waals surface area contributed by atoms with Gasteiger partial charge in [0.25, 0.3) is 0 Å². The number of ether oxygens (including phenoxy) is 2. The average Bonchev–Trinajstić information content (AvgIpc) is 2.89. The average molecular weight is 549 g/mol. The van der Waals surface area contributed by atoms with E-state index in [4.69, 9.17) is 29.0 Å². The third-order valence-corrected chi connectivity index (χ3v) is 6.06. The molecule has 12 heteroatoms. The van der Waals surface area contributed by atoms with Crippen LogP contribution in [0.4, 0.5) is 0 Å². The number of esters is 2. The van der Waals surface area contributed by atoms with Crippen LogP contribution in [0, 0.1) is 0 Å². The predicted molar refractivity (Wildman–Crippen MR) is 143 cm³/mol. The number of hydrogen-bond donors (Lipinski definition) is 0. The van der Waals surface area contributed by atoms with Gasteiger partial charge >= 0.3 is 11.9 Å². The molecular formula is C26H52N4O8. The third kappa shape index (κ3) is 18.0. The van der Waals surface area contributed by atoms with Gasteiger partial charge in [-0.3, -0.25) is 29.2 Å². The van der Waals surface area contributed by atoms with Gasteiger partial charge in [-0.2, -0.15) is 0 Å². The van der Waals surface area contributed by atoms with Gasteiger partial charge in [-0.1, -0.05) is 0 Å². The second-order valence-corrected chi connectivity index (χ2v) is 9.01. The van der Waals surface area contributed by atoms with E-state index in [0.717, 1.165) is 65.2 Å². The van der Waals surface area contributed by atoms with Crippen LogP contribution in [0.2, 0.25) is 0 Å². The highest BCUT2D eigenvalue weighted by atomic mass is 17.2. The zero-order chi connectivity index (χ0) is 27.8. The second-order valence-electron chi connectivity index (χ2n) is 9.01. The maximum absolute atomic E-state index is 12.2. The van der Waals surface area contributed by atoms with Gasteiger partial charge in [0.2, 0.25) is 0 Å². The fourth-order valence-electron chi connectivity index (χ4n) is 4.21. The van der Waals surface area contributed by atoms with Crippen LogP contribution in [-0.4, -0.2) is 150 Å². The maximum atomic E-state index is 12.2. The minimum absolute atomic E-state index is 0.225. The number of carbonyl (C=O) groups is 2. The van der Waals surface area contributed by atoms with Gasteiger partial charge in [0, 0.05) is 52.4 Å². The zero-order valence-corrected chi connectivity index (χ0v) is 24.2. The lowest BCUT2D eigenvalue weighted by Gasteiger charge is -2.31. The summed E-state index contributed by atoms with van der Waals surface area (Å²) in [7, 11) is 0. The van der Waals surface area contributed by atoms with Crippen molar-refractivity contribution >= 4 is 11.9 Å². The maximum Gasteiger partial charge on any atom is 0.320 e. The zero-order valence-electron chi connectivity index (χ0n) is 24.2. The van der Waals surface area contributed by atoms with Crippen molar-refractivity contribution in [3.63, 3.8) is 0 Å². The molecule has 1 fully saturated rings. The van der Waals surface area contributed by atoms with Crippen LogP contribution in [-0.2, 0) is 38.6 Å². The number of nitrogens with zero attached hydrogens (tertiary/aromatic N) is 4. The normalized spacial score (nSPS) is 18.2. The molecule has 12 nitrogen and oxygen atoms in total. The van der Waals surface area contributed by atoms with E-state index in [1.165, 1.54) is 0 Å². The summed E-state index contributed by atoms with van der Waals surface area (Å²) in [5, 5.41) is 0. The molecule has 1 aliphatic rings. The van der Waals surface area contributed by atoms with E-state index in [1.54, 1.807) is 0 Å². The quantitative estimate of drug-likeness (QED) is 0.119. The Labute approximate surface area is 229 Å². The number of carbonyl (C=O) groups excluding carboxylic acids is 2. The Morgan fingerprint density at radius 2 is 0.868 bits per heavy atom. The SMILES string of the molecule is CCOOCCN1CCCN(CC(=O)OCC)CCN(CC(=O)OCC)CCCN(CCOOCC)CC1. The van der Waals surface area contributed by atoms with E-state index in [1.807, 2.05) is 27.7 Å². The largest absolute Gasteiger partial charge is 0.465 e. The van der Waals surface area contributed by atoms with E-state index in [0.29, 0.717) is 52.7 Å². The minimum Gasteiger partial charge on any atom is -0.465 e. The van der Waals surface area contributed by atoms with Crippen molar-refractivity contribution in [2.75, 3.05) is 118 Å². The molecule has 0 aromatic heterocycles. The number of hydrogen-bond acceptors (Lipinski definition) is 12. The molecular weight excluding hydrogens is 496 g/mol. The van der Waals surface area contributed by atoms with E-state index in [-0.39, 0.29) is 25.0 Å². The summed E-state index contributed by atoms with van der Waals surface area (Å²) >= 11 is 0. The third-order valence-electron chi connectivity index (χ3n) is 6.06. The summed E-state index contributed by atoms with van der Waals surface area (Å²) in [4.78, 5) is 54.1. The monoisotopic (exact) mass is 548 g/mol. The van der Waals surface area contributed by atoms with Crippen molar-refractivity contribution < 1.29 is 38.6 Å². The molecule has 0 bridgehead atoms. The molecule has 38 heavy (non-hydrogen) atoms. The molecule has 224 valence electrons. The first-order chi connectivity index (χ1) is 18.5. The van der Waals surface area contributed by atoms with Crippen molar-refractivity contribution in [2.24, 2.45) is 0 Å². The van der Waals surface area contributed by atoms with Gasteiger partial charge < -0.3 is 9.47 Å². The van der Waals surface area contributed by atoms with Gasteiger partial charge in [-0.05, 0) is 53.6 Å². The smallest absolute Gasteiger partial charge is 0.320 e. The first-order valence-electron chi connectivity index (χ1n) is 14.2. The molecule has 0 spiro atoms. The molecule has 1 rings (SSSR count). The van der Waals surface area contributed by atoms with Crippen LogP contribution in [0.15, 0.2) is 0 Å². The summed E-state index contributed by atoms with van der Waals surface area (Å²) < 4.78 is 10.4. The molecule has 1 heterocycles.